The number of hydrogen-bond donors (Lipinski definition) is 1. The smallest absolute Gasteiger partial charge is 0.255 e. The third kappa shape index (κ3) is 5.11. The zero-order chi connectivity index (χ0) is 14.5. The van der Waals surface area contributed by atoms with Crippen LogP contribution in [0.2, 0.25) is 0 Å². The zero-order valence-corrected chi connectivity index (χ0v) is 15.2. The van der Waals surface area contributed by atoms with Crippen LogP contribution in [0.1, 0.15) is 47.9 Å². The van der Waals surface area contributed by atoms with Gasteiger partial charge in [0.25, 0.3) is 5.91 Å². The lowest BCUT2D eigenvalue weighted by Crippen LogP contribution is -2.46. The van der Waals surface area contributed by atoms with Crippen molar-refractivity contribution in [2.24, 2.45) is 0 Å². The Morgan fingerprint density at radius 2 is 1.91 bits per heavy atom. The lowest BCUT2D eigenvalue weighted by atomic mass is 10.0. The number of nitrogens with zero attached hydrogens (tertiary/aromatic N) is 2. The third-order valence-electron chi connectivity index (χ3n) is 3.93. The van der Waals surface area contributed by atoms with E-state index in [9.17, 15) is 4.79 Å². The molecule has 2 heterocycles. The number of carbonyl (C=O) groups excluding carboxylic acids is 1. The van der Waals surface area contributed by atoms with Gasteiger partial charge in [-0.15, -0.1) is 24.8 Å². The van der Waals surface area contributed by atoms with Gasteiger partial charge in [0.2, 0.25) is 0 Å². The first-order valence-corrected chi connectivity index (χ1v) is 7.59. The molecule has 1 aliphatic heterocycles. The summed E-state index contributed by atoms with van der Waals surface area (Å²) in [4.78, 5) is 19.3. The molecule has 4 nitrogen and oxygen atoms in total. The monoisotopic (exact) mass is 347 g/mol. The molecule has 1 aromatic heterocycles. The van der Waals surface area contributed by atoms with E-state index < -0.39 is 0 Å². The van der Waals surface area contributed by atoms with Gasteiger partial charge in [0.05, 0.1) is 11.3 Å². The number of halogens is 2. The molecule has 22 heavy (non-hydrogen) atoms. The molecule has 1 aliphatic rings. The molecular formula is C16H27Cl2N3O. The van der Waals surface area contributed by atoms with Crippen LogP contribution in [0.15, 0.2) is 12.1 Å². The Kier molecular flexibility index (Phi) is 9.65. The van der Waals surface area contributed by atoms with Crippen molar-refractivity contribution in [1.29, 1.82) is 0 Å². The summed E-state index contributed by atoms with van der Waals surface area (Å²) in [6, 6.07) is 4.21. The van der Waals surface area contributed by atoms with Gasteiger partial charge in [-0.05, 0) is 58.3 Å². The lowest BCUT2D eigenvalue weighted by molar-refractivity contribution is 0.0641. The molecule has 2 rings (SSSR count). The molecule has 0 saturated carbocycles. The Morgan fingerprint density at radius 3 is 2.45 bits per heavy atom. The van der Waals surface area contributed by atoms with Gasteiger partial charge in [-0.2, -0.15) is 0 Å². The molecule has 0 atom stereocenters. The minimum absolute atomic E-state index is 0. The zero-order valence-electron chi connectivity index (χ0n) is 13.6. The fourth-order valence-corrected chi connectivity index (χ4v) is 2.88. The van der Waals surface area contributed by atoms with Crippen LogP contribution in [0.25, 0.3) is 0 Å². The highest BCUT2D eigenvalue weighted by Crippen LogP contribution is 2.18. The average Bonchev–Trinajstić information content (AvgIpc) is 2.45. The number of nitrogens with one attached hydrogen (secondary N) is 1. The van der Waals surface area contributed by atoms with Crippen molar-refractivity contribution >= 4 is 30.7 Å². The second kappa shape index (κ2) is 10.0. The van der Waals surface area contributed by atoms with Crippen molar-refractivity contribution in [3.05, 3.63) is 29.1 Å². The second-order valence-corrected chi connectivity index (χ2v) is 5.57. The Labute approximate surface area is 145 Å². The number of piperidine rings is 1. The van der Waals surface area contributed by atoms with E-state index >= 15 is 0 Å². The second-order valence-electron chi connectivity index (χ2n) is 5.57. The summed E-state index contributed by atoms with van der Waals surface area (Å²) in [5.41, 5.74) is 2.55. The Hall–Kier alpha value is -0.840. The highest BCUT2D eigenvalue weighted by atomic mass is 35.5. The summed E-state index contributed by atoms with van der Waals surface area (Å²) in [7, 11) is 0. The van der Waals surface area contributed by atoms with E-state index in [0.29, 0.717) is 6.04 Å². The summed E-state index contributed by atoms with van der Waals surface area (Å²) in [6.45, 7) is 8.84. The topological polar surface area (TPSA) is 45.2 Å². The number of pyridine rings is 1. The molecule has 0 aliphatic carbocycles. The summed E-state index contributed by atoms with van der Waals surface area (Å²) < 4.78 is 0. The quantitative estimate of drug-likeness (QED) is 0.909. The number of aryl methyl sites for hydroxylation is 2. The van der Waals surface area contributed by atoms with Crippen LogP contribution in [0.5, 0.6) is 0 Å². The van der Waals surface area contributed by atoms with Gasteiger partial charge >= 0.3 is 0 Å². The normalized spacial score (nSPS) is 14.7. The fourth-order valence-electron chi connectivity index (χ4n) is 2.88. The van der Waals surface area contributed by atoms with E-state index in [0.717, 1.165) is 55.8 Å². The molecule has 1 N–H and O–H groups in total. The average molecular weight is 348 g/mol. The van der Waals surface area contributed by atoms with Gasteiger partial charge in [0.15, 0.2) is 0 Å². The van der Waals surface area contributed by atoms with Crippen LogP contribution < -0.4 is 5.32 Å². The van der Waals surface area contributed by atoms with Crippen molar-refractivity contribution in [3.63, 3.8) is 0 Å². The molecule has 0 radical (unpaired) electrons. The van der Waals surface area contributed by atoms with Gasteiger partial charge < -0.3 is 10.2 Å². The Morgan fingerprint density at radius 1 is 1.27 bits per heavy atom. The molecule has 1 aromatic rings. The van der Waals surface area contributed by atoms with E-state index in [1.165, 1.54) is 0 Å². The molecule has 0 aromatic carbocycles. The first-order chi connectivity index (χ1) is 9.63. The van der Waals surface area contributed by atoms with E-state index in [1.54, 1.807) is 0 Å². The number of carbonyl (C=O) groups is 1. The van der Waals surface area contributed by atoms with Gasteiger partial charge in [0.1, 0.15) is 0 Å². The van der Waals surface area contributed by atoms with Crippen LogP contribution in [0.4, 0.5) is 0 Å². The summed E-state index contributed by atoms with van der Waals surface area (Å²) in [6.07, 6.45) is 3.09. The summed E-state index contributed by atoms with van der Waals surface area (Å²) in [5, 5.41) is 3.36. The lowest BCUT2D eigenvalue weighted by Gasteiger charge is -2.35. The Bertz CT molecular complexity index is 476. The predicted octanol–water partition coefficient (Wildman–Crippen LogP) is 3.15. The number of aromatic nitrogens is 1. The van der Waals surface area contributed by atoms with Crippen molar-refractivity contribution < 1.29 is 4.79 Å². The van der Waals surface area contributed by atoms with Gasteiger partial charge in [0, 0.05) is 18.3 Å². The first kappa shape index (κ1) is 21.2. The third-order valence-corrected chi connectivity index (χ3v) is 3.93. The van der Waals surface area contributed by atoms with E-state index in [2.05, 4.69) is 22.1 Å². The maximum absolute atomic E-state index is 12.8. The van der Waals surface area contributed by atoms with Crippen molar-refractivity contribution in [2.75, 3.05) is 19.6 Å². The minimum atomic E-state index is 0. The van der Waals surface area contributed by atoms with Gasteiger partial charge in [-0.25, -0.2) is 0 Å². The molecule has 126 valence electrons. The molecule has 0 bridgehead atoms. The van der Waals surface area contributed by atoms with Crippen LogP contribution in [-0.4, -0.2) is 41.5 Å². The maximum Gasteiger partial charge on any atom is 0.255 e. The fraction of sp³-hybridized carbons (Fsp3) is 0.625. The molecule has 0 spiro atoms. The molecule has 1 saturated heterocycles. The molecule has 1 amide bonds. The molecule has 0 unspecified atom stereocenters. The van der Waals surface area contributed by atoms with E-state index in [4.69, 9.17) is 0 Å². The molecular weight excluding hydrogens is 321 g/mol. The maximum atomic E-state index is 12.8. The Balaban J connectivity index is 0.00000220. The predicted molar refractivity (Wildman–Crippen MR) is 95.4 cm³/mol. The van der Waals surface area contributed by atoms with Crippen LogP contribution in [-0.2, 0) is 0 Å². The molecule has 1 fully saturated rings. The number of amides is 1. The van der Waals surface area contributed by atoms with Gasteiger partial charge in [-0.3, -0.25) is 9.78 Å². The minimum Gasteiger partial charge on any atom is -0.336 e. The van der Waals surface area contributed by atoms with E-state index in [1.807, 2.05) is 26.0 Å². The van der Waals surface area contributed by atoms with Crippen molar-refractivity contribution in [3.8, 4) is 0 Å². The standard InChI is InChI=1S/C16H25N3O.2ClH/c1-4-11-19(14-7-9-17-10-8-14)16(20)15-6-5-12(2)18-13(15)3;;/h5-6,14,17H,4,7-11H2,1-3H3;2*1H. The highest BCUT2D eigenvalue weighted by molar-refractivity contribution is 5.95. The van der Waals surface area contributed by atoms with Crippen LogP contribution in [0.3, 0.4) is 0 Å². The van der Waals surface area contributed by atoms with Crippen LogP contribution >= 0.6 is 24.8 Å². The van der Waals surface area contributed by atoms with Gasteiger partial charge in [-0.1, -0.05) is 6.92 Å². The number of rotatable bonds is 4. The SMILES string of the molecule is CCCN(C(=O)c1ccc(C)nc1C)C1CCNCC1.Cl.Cl. The van der Waals surface area contributed by atoms with E-state index in [-0.39, 0.29) is 30.7 Å². The summed E-state index contributed by atoms with van der Waals surface area (Å²) in [5.74, 6) is 0.142. The van der Waals surface area contributed by atoms with Crippen molar-refractivity contribution in [1.82, 2.24) is 15.2 Å². The van der Waals surface area contributed by atoms with Crippen molar-refractivity contribution in [2.45, 2.75) is 46.1 Å². The first-order valence-electron chi connectivity index (χ1n) is 7.59. The number of hydrogen-bond acceptors (Lipinski definition) is 3. The molecule has 6 heteroatoms. The largest absolute Gasteiger partial charge is 0.336 e. The highest BCUT2D eigenvalue weighted by Gasteiger charge is 2.26. The summed E-state index contributed by atoms with van der Waals surface area (Å²) >= 11 is 0. The van der Waals surface area contributed by atoms with Crippen LogP contribution in [0, 0.1) is 13.8 Å².